The fraction of sp³-hybridized carbons (Fsp3) is 0.273. The van der Waals surface area contributed by atoms with Crippen LogP contribution in [0.15, 0.2) is 24.3 Å². The van der Waals surface area contributed by atoms with E-state index in [0.717, 1.165) is 5.56 Å². The zero-order valence-corrected chi connectivity index (χ0v) is 8.60. The molecule has 1 aromatic rings. The van der Waals surface area contributed by atoms with Crippen molar-refractivity contribution >= 4 is 11.6 Å². The smallest absolute Gasteiger partial charge is 0.231 e. The monoisotopic (exact) mass is 203 g/mol. The van der Waals surface area contributed by atoms with Gasteiger partial charge in [0.05, 0.1) is 13.1 Å². The van der Waals surface area contributed by atoms with Crippen molar-refractivity contribution in [1.29, 1.82) is 0 Å². The number of nitrogens with two attached hydrogens (primary N) is 1. The summed E-state index contributed by atoms with van der Waals surface area (Å²) in [5, 5.41) is 0. The lowest BCUT2D eigenvalue weighted by Gasteiger charge is -2.14. The summed E-state index contributed by atoms with van der Waals surface area (Å²) in [6.45, 7) is 7.70. The lowest BCUT2D eigenvalue weighted by Crippen LogP contribution is -2.30. The third kappa shape index (κ3) is 3.79. The first-order valence-corrected chi connectivity index (χ1v) is 4.55. The van der Waals surface area contributed by atoms with Crippen LogP contribution >= 0.6 is 0 Å². The Morgan fingerprint density at radius 1 is 1.47 bits per heavy atom. The van der Waals surface area contributed by atoms with Crippen LogP contribution < -0.4 is 5.73 Å². The second-order valence-electron chi connectivity index (χ2n) is 3.42. The first-order chi connectivity index (χ1) is 7.11. The van der Waals surface area contributed by atoms with E-state index in [4.69, 9.17) is 12.3 Å². The van der Waals surface area contributed by atoms with Crippen molar-refractivity contribution in [3.63, 3.8) is 0 Å². The molecule has 0 unspecified atom stereocenters. The van der Waals surface area contributed by atoms with Gasteiger partial charge in [-0.3, -0.25) is 9.69 Å². The summed E-state index contributed by atoms with van der Waals surface area (Å²) in [7, 11) is 1.83. The van der Waals surface area contributed by atoms with E-state index in [1.807, 2.05) is 24.1 Å². The Hall–Kier alpha value is -1.86. The Bertz CT molecular complexity index is 378. The quantitative estimate of drug-likeness (QED) is 0.746. The maximum atomic E-state index is 10.6. The van der Waals surface area contributed by atoms with Gasteiger partial charge in [0.2, 0.25) is 5.91 Å². The van der Waals surface area contributed by atoms with Gasteiger partial charge >= 0.3 is 0 Å². The van der Waals surface area contributed by atoms with Crippen LogP contribution in [-0.4, -0.2) is 24.4 Å². The molecule has 0 saturated heterocycles. The summed E-state index contributed by atoms with van der Waals surface area (Å²) >= 11 is 0. The van der Waals surface area contributed by atoms with E-state index in [2.05, 4.69) is 4.85 Å². The molecule has 15 heavy (non-hydrogen) atoms. The molecule has 4 nitrogen and oxygen atoms in total. The van der Waals surface area contributed by atoms with E-state index in [1.54, 1.807) is 12.1 Å². The minimum Gasteiger partial charge on any atom is -0.369 e. The minimum absolute atomic E-state index is 0.241. The molecule has 0 aliphatic rings. The molecule has 0 radical (unpaired) electrons. The van der Waals surface area contributed by atoms with Crippen LogP contribution in [0.1, 0.15) is 5.56 Å². The van der Waals surface area contributed by atoms with Crippen molar-refractivity contribution in [2.24, 2.45) is 5.73 Å². The minimum atomic E-state index is -0.338. The molecule has 0 saturated carbocycles. The maximum absolute atomic E-state index is 10.6. The van der Waals surface area contributed by atoms with Crippen LogP contribution in [0.25, 0.3) is 4.85 Å². The van der Waals surface area contributed by atoms with Crippen LogP contribution in [0.4, 0.5) is 5.69 Å². The molecule has 0 aromatic heterocycles. The molecule has 0 atom stereocenters. The molecule has 1 amide bonds. The van der Waals surface area contributed by atoms with E-state index in [-0.39, 0.29) is 12.5 Å². The molecule has 78 valence electrons. The number of carbonyl (C=O) groups is 1. The van der Waals surface area contributed by atoms with Crippen molar-refractivity contribution in [3.05, 3.63) is 41.2 Å². The highest BCUT2D eigenvalue weighted by Crippen LogP contribution is 2.13. The zero-order chi connectivity index (χ0) is 11.3. The van der Waals surface area contributed by atoms with Gasteiger partial charge in [0.1, 0.15) is 0 Å². The third-order valence-electron chi connectivity index (χ3n) is 1.94. The molecule has 2 N–H and O–H groups in total. The first-order valence-electron chi connectivity index (χ1n) is 4.55. The van der Waals surface area contributed by atoms with Crippen LogP contribution in [-0.2, 0) is 11.3 Å². The second-order valence-corrected chi connectivity index (χ2v) is 3.42. The van der Waals surface area contributed by atoms with E-state index in [1.165, 1.54) is 0 Å². The lowest BCUT2D eigenvalue weighted by molar-refractivity contribution is -0.118. The summed E-state index contributed by atoms with van der Waals surface area (Å²) in [4.78, 5) is 15.8. The maximum Gasteiger partial charge on any atom is 0.231 e. The Morgan fingerprint density at radius 2 is 2.07 bits per heavy atom. The van der Waals surface area contributed by atoms with E-state index in [9.17, 15) is 4.79 Å². The van der Waals surface area contributed by atoms with Crippen LogP contribution in [0.5, 0.6) is 0 Å². The van der Waals surface area contributed by atoms with Gasteiger partial charge < -0.3 is 5.73 Å². The highest BCUT2D eigenvalue weighted by molar-refractivity contribution is 5.75. The normalized spacial score (nSPS) is 9.93. The summed E-state index contributed by atoms with van der Waals surface area (Å²) in [6, 6.07) is 7.29. The molecular formula is C11H13N3O. The fourth-order valence-corrected chi connectivity index (χ4v) is 1.31. The summed E-state index contributed by atoms with van der Waals surface area (Å²) in [5.41, 5.74) is 6.76. The molecule has 0 spiro atoms. The van der Waals surface area contributed by atoms with Crippen molar-refractivity contribution in [2.75, 3.05) is 13.6 Å². The standard InChI is InChI=1S/C11H13N3O/c1-13-10-5-3-9(4-6-10)7-14(2)8-11(12)15/h3-6H,7-8H2,2H3,(H2,12,15). The number of carbonyl (C=O) groups excluding carboxylic acids is 1. The highest BCUT2D eigenvalue weighted by atomic mass is 16.1. The Kier molecular flexibility index (Phi) is 3.83. The average Bonchev–Trinajstić information content (AvgIpc) is 2.17. The Labute approximate surface area is 89.1 Å². The summed E-state index contributed by atoms with van der Waals surface area (Å²) < 4.78 is 0. The predicted octanol–water partition coefficient (Wildman–Crippen LogP) is 1.15. The molecule has 0 heterocycles. The van der Waals surface area contributed by atoms with Crippen molar-refractivity contribution in [2.45, 2.75) is 6.54 Å². The zero-order valence-electron chi connectivity index (χ0n) is 8.60. The fourth-order valence-electron chi connectivity index (χ4n) is 1.31. The van der Waals surface area contributed by atoms with Crippen molar-refractivity contribution in [1.82, 2.24) is 4.90 Å². The van der Waals surface area contributed by atoms with E-state index in [0.29, 0.717) is 12.2 Å². The second kappa shape index (κ2) is 5.13. The third-order valence-corrected chi connectivity index (χ3v) is 1.94. The van der Waals surface area contributed by atoms with Gasteiger partial charge in [-0.05, 0) is 12.6 Å². The summed E-state index contributed by atoms with van der Waals surface area (Å²) in [5.74, 6) is -0.338. The molecule has 1 rings (SSSR count). The largest absolute Gasteiger partial charge is 0.369 e. The van der Waals surface area contributed by atoms with Gasteiger partial charge in [-0.2, -0.15) is 0 Å². The van der Waals surface area contributed by atoms with Crippen LogP contribution in [0, 0.1) is 6.57 Å². The molecule has 0 aliphatic carbocycles. The van der Waals surface area contributed by atoms with E-state index < -0.39 is 0 Å². The van der Waals surface area contributed by atoms with E-state index >= 15 is 0 Å². The molecule has 0 fully saturated rings. The number of hydrogen-bond donors (Lipinski definition) is 1. The SMILES string of the molecule is [C-]#[N+]c1ccc(CN(C)CC(N)=O)cc1. The number of amides is 1. The highest BCUT2D eigenvalue weighted by Gasteiger charge is 2.03. The Morgan fingerprint density at radius 3 is 2.53 bits per heavy atom. The lowest BCUT2D eigenvalue weighted by atomic mass is 10.2. The van der Waals surface area contributed by atoms with Gasteiger partial charge in [-0.15, -0.1) is 0 Å². The van der Waals surface area contributed by atoms with Crippen LogP contribution in [0.2, 0.25) is 0 Å². The van der Waals surface area contributed by atoms with Gasteiger partial charge in [-0.1, -0.05) is 24.3 Å². The number of benzene rings is 1. The molecule has 1 aromatic carbocycles. The molecule has 4 heteroatoms. The molecule has 0 bridgehead atoms. The van der Waals surface area contributed by atoms with Crippen LogP contribution in [0.3, 0.4) is 0 Å². The number of primary amides is 1. The summed E-state index contributed by atoms with van der Waals surface area (Å²) in [6.07, 6.45) is 0. The average molecular weight is 203 g/mol. The number of likely N-dealkylation sites (N-methyl/N-ethyl adjacent to an activating group) is 1. The van der Waals surface area contributed by atoms with Gasteiger partial charge in [-0.25, -0.2) is 4.85 Å². The molecule has 0 aliphatic heterocycles. The predicted molar refractivity (Wildman–Crippen MR) is 58.2 cm³/mol. The van der Waals surface area contributed by atoms with Gasteiger partial charge in [0, 0.05) is 6.54 Å². The Balaban J connectivity index is 2.58. The van der Waals surface area contributed by atoms with Gasteiger partial charge in [0.25, 0.3) is 0 Å². The first kappa shape index (κ1) is 11.2. The van der Waals surface area contributed by atoms with Crippen molar-refractivity contribution in [3.8, 4) is 0 Å². The van der Waals surface area contributed by atoms with Gasteiger partial charge in [0.15, 0.2) is 5.69 Å². The topological polar surface area (TPSA) is 50.7 Å². The number of hydrogen-bond acceptors (Lipinski definition) is 2. The number of nitrogens with zero attached hydrogens (tertiary/aromatic N) is 2. The number of rotatable bonds is 4. The van der Waals surface area contributed by atoms with Crippen molar-refractivity contribution < 1.29 is 4.79 Å². The molecular weight excluding hydrogens is 190 g/mol.